The Bertz CT molecular complexity index is 624. The standard InChI is InChI=1S/C16H16N2O2/c1-3-13-8-12(4-5-16(13)20-2)9-18-15-10-17-7-6-14(15)11-19/h3-8,10-11,18H,1,9H2,2H3. The molecule has 1 aromatic heterocycles. The van der Waals surface area contributed by atoms with Crippen molar-refractivity contribution >= 4 is 18.0 Å². The molecule has 0 fully saturated rings. The van der Waals surface area contributed by atoms with Gasteiger partial charge in [-0.25, -0.2) is 0 Å². The summed E-state index contributed by atoms with van der Waals surface area (Å²) >= 11 is 0. The number of ether oxygens (including phenoxy) is 1. The zero-order valence-electron chi connectivity index (χ0n) is 11.3. The van der Waals surface area contributed by atoms with Gasteiger partial charge in [-0.1, -0.05) is 18.7 Å². The molecule has 0 unspecified atom stereocenters. The third-order valence-corrected chi connectivity index (χ3v) is 2.98. The lowest BCUT2D eigenvalue weighted by atomic mass is 10.1. The van der Waals surface area contributed by atoms with Crippen molar-refractivity contribution in [2.75, 3.05) is 12.4 Å². The molecule has 0 aliphatic rings. The predicted molar refractivity (Wildman–Crippen MR) is 80.0 cm³/mol. The number of aldehydes is 1. The number of carbonyl (C=O) groups excluding carboxylic acids is 1. The molecule has 0 aliphatic carbocycles. The fourth-order valence-corrected chi connectivity index (χ4v) is 1.91. The van der Waals surface area contributed by atoms with Gasteiger partial charge in [-0.3, -0.25) is 9.78 Å². The summed E-state index contributed by atoms with van der Waals surface area (Å²) in [5, 5.41) is 3.20. The van der Waals surface area contributed by atoms with Crippen molar-refractivity contribution in [3.8, 4) is 5.75 Å². The van der Waals surface area contributed by atoms with Crippen LogP contribution in [-0.4, -0.2) is 18.4 Å². The number of rotatable bonds is 6. The van der Waals surface area contributed by atoms with E-state index in [1.54, 1.807) is 31.6 Å². The van der Waals surface area contributed by atoms with Gasteiger partial charge in [0.15, 0.2) is 6.29 Å². The summed E-state index contributed by atoms with van der Waals surface area (Å²) in [4.78, 5) is 14.9. The molecule has 0 spiro atoms. The number of anilines is 1. The summed E-state index contributed by atoms with van der Waals surface area (Å²) in [5.74, 6) is 0.790. The predicted octanol–water partition coefficient (Wildman–Crippen LogP) is 3.16. The van der Waals surface area contributed by atoms with Crippen molar-refractivity contribution in [1.29, 1.82) is 0 Å². The maximum atomic E-state index is 10.9. The van der Waals surface area contributed by atoms with E-state index in [0.29, 0.717) is 12.1 Å². The number of hydrogen-bond acceptors (Lipinski definition) is 4. The van der Waals surface area contributed by atoms with Crippen molar-refractivity contribution in [3.63, 3.8) is 0 Å². The topological polar surface area (TPSA) is 51.2 Å². The van der Waals surface area contributed by atoms with Crippen molar-refractivity contribution in [2.45, 2.75) is 6.54 Å². The minimum absolute atomic E-state index is 0.595. The van der Waals surface area contributed by atoms with Gasteiger partial charge in [0.05, 0.1) is 19.0 Å². The van der Waals surface area contributed by atoms with Crippen LogP contribution in [0.15, 0.2) is 43.2 Å². The second-order valence-electron chi connectivity index (χ2n) is 4.21. The summed E-state index contributed by atoms with van der Waals surface area (Å²) in [6.07, 6.45) is 5.80. The lowest BCUT2D eigenvalue weighted by molar-refractivity contribution is 0.112. The summed E-state index contributed by atoms with van der Waals surface area (Å²) in [6.45, 7) is 4.36. The van der Waals surface area contributed by atoms with E-state index in [1.165, 1.54) is 0 Å². The Labute approximate surface area is 118 Å². The highest BCUT2D eigenvalue weighted by Crippen LogP contribution is 2.21. The summed E-state index contributed by atoms with van der Waals surface area (Å²) in [7, 11) is 1.63. The zero-order chi connectivity index (χ0) is 14.4. The van der Waals surface area contributed by atoms with E-state index in [9.17, 15) is 4.79 Å². The van der Waals surface area contributed by atoms with E-state index in [2.05, 4.69) is 16.9 Å². The molecule has 1 N–H and O–H groups in total. The Hall–Kier alpha value is -2.62. The minimum atomic E-state index is 0.595. The highest BCUT2D eigenvalue weighted by atomic mass is 16.5. The highest BCUT2D eigenvalue weighted by Gasteiger charge is 2.03. The van der Waals surface area contributed by atoms with Gasteiger partial charge < -0.3 is 10.1 Å². The molecule has 2 aromatic rings. The van der Waals surface area contributed by atoms with Crippen LogP contribution in [0.2, 0.25) is 0 Å². The van der Waals surface area contributed by atoms with E-state index >= 15 is 0 Å². The van der Waals surface area contributed by atoms with Gasteiger partial charge in [-0.2, -0.15) is 0 Å². The fourth-order valence-electron chi connectivity index (χ4n) is 1.91. The molecule has 0 bridgehead atoms. The molecule has 1 aromatic carbocycles. The minimum Gasteiger partial charge on any atom is -0.496 e. The van der Waals surface area contributed by atoms with Gasteiger partial charge in [-0.15, -0.1) is 0 Å². The molecule has 20 heavy (non-hydrogen) atoms. The molecule has 0 aliphatic heterocycles. The Morgan fingerprint density at radius 2 is 2.20 bits per heavy atom. The normalized spacial score (nSPS) is 9.85. The number of benzene rings is 1. The molecule has 2 rings (SSSR count). The third kappa shape index (κ3) is 3.03. The van der Waals surface area contributed by atoms with E-state index in [1.807, 2.05) is 18.2 Å². The zero-order valence-corrected chi connectivity index (χ0v) is 11.3. The number of methoxy groups -OCH3 is 1. The number of nitrogens with zero attached hydrogens (tertiary/aromatic N) is 1. The number of nitrogens with one attached hydrogen (secondary N) is 1. The number of hydrogen-bond donors (Lipinski definition) is 1. The molecule has 0 amide bonds. The maximum Gasteiger partial charge on any atom is 0.152 e. The molecule has 0 atom stereocenters. The fraction of sp³-hybridized carbons (Fsp3) is 0.125. The SMILES string of the molecule is C=Cc1cc(CNc2cnccc2C=O)ccc1OC. The van der Waals surface area contributed by atoms with Gasteiger partial charge in [-0.05, 0) is 23.8 Å². The average Bonchev–Trinajstić information content (AvgIpc) is 2.52. The Balaban J connectivity index is 2.15. The first-order valence-corrected chi connectivity index (χ1v) is 6.21. The number of aromatic nitrogens is 1. The van der Waals surface area contributed by atoms with Gasteiger partial charge in [0.25, 0.3) is 0 Å². The van der Waals surface area contributed by atoms with Crippen LogP contribution in [0.4, 0.5) is 5.69 Å². The van der Waals surface area contributed by atoms with Crippen molar-refractivity contribution in [3.05, 3.63) is 59.9 Å². The Morgan fingerprint density at radius 1 is 1.35 bits per heavy atom. The first-order chi connectivity index (χ1) is 9.78. The molecule has 4 heteroatoms. The van der Waals surface area contributed by atoms with Crippen LogP contribution in [0.1, 0.15) is 21.5 Å². The molecular formula is C16H16N2O2. The van der Waals surface area contributed by atoms with Crippen LogP contribution in [0.25, 0.3) is 6.08 Å². The highest BCUT2D eigenvalue weighted by molar-refractivity contribution is 5.83. The van der Waals surface area contributed by atoms with Gasteiger partial charge >= 0.3 is 0 Å². The van der Waals surface area contributed by atoms with Crippen LogP contribution in [0.3, 0.4) is 0 Å². The molecule has 0 saturated carbocycles. The second-order valence-corrected chi connectivity index (χ2v) is 4.21. The van der Waals surface area contributed by atoms with E-state index in [4.69, 9.17) is 4.74 Å². The molecular weight excluding hydrogens is 252 g/mol. The third-order valence-electron chi connectivity index (χ3n) is 2.98. The van der Waals surface area contributed by atoms with E-state index < -0.39 is 0 Å². The Morgan fingerprint density at radius 3 is 2.90 bits per heavy atom. The lowest BCUT2D eigenvalue weighted by Gasteiger charge is -2.10. The molecule has 4 nitrogen and oxygen atoms in total. The first-order valence-electron chi connectivity index (χ1n) is 6.21. The average molecular weight is 268 g/mol. The Kier molecular flexibility index (Phi) is 4.50. The second kappa shape index (κ2) is 6.52. The monoisotopic (exact) mass is 268 g/mol. The first kappa shape index (κ1) is 13.8. The van der Waals surface area contributed by atoms with E-state index in [-0.39, 0.29) is 0 Å². The van der Waals surface area contributed by atoms with Gasteiger partial charge in [0, 0.05) is 23.9 Å². The molecule has 0 radical (unpaired) electrons. The van der Waals surface area contributed by atoms with Crippen LogP contribution >= 0.6 is 0 Å². The smallest absolute Gasteiger partial charge is 0.152 e. The molecule has 1 heterocycles. The van der Waals surface area contributed by atoms with Gasteiger partial charge in [0.1, 0.15) is 5.75 Å². The lowest BCUT2D eigenvalue weighted by Crippen LogP contribution is -2.03. The van der Waals surface area contributed by atoms with Crippen molar-refractivity contribution in [2.24, 2.45) is 0 Å². The van der Waals surface area contributed by atoms with Crippen LogP contribution in [-0.2, 0) is 6.54 Å². The largest absolute Gasteiger partial charge is 0.496 e. The quantitative estimate of drug-likeness (QED) is 0.818. The summed E-state index contributed by atoms with van der Waals surface area (Å²) in [5.41, 5.74) is 3.32. The summed E-state index contributed by atoms with van der Waals surface area (Å²) < 4.78 is 5.24. The van der Waals surface area contributed by atoms with Crippen LogP contribution < -0.4 is 10.1 Å². The maximum absolute atomic E-state index is 10.9. The van der Waals surface area contributed by atoms with Crippen LogP contribution in [0, 0.1) is 0 Å². The van der Waals surface area contributed by atoms with Gasteiger partial charge in [0.2, 0.25) is 0 Å². The van der Waals surface area contributed by atoms with Crippen LogP contribution in [0.5, 0.6) is 5.75 Å². The molecule has 0 saturated heterocycles. The molecule has 102 valence electrons. The van der Waals surface area contributed by atoms with Crippen molar-refractivity contribution < 1.29 is 9.53 Å². The summed E-state index contributed by atoms with van der Waals surface area (Å²) in [6, 6.07) is 7.54. The van der Waals surface area contributed by atoms with E-state index in [0.717, 1.165) is 28.8 Å². The number of carbonyl (C=O) groups is 1. The van der Waals surface area contributed by atoms with Crippen molar-refractivity contribution in [1.82, 2.24) is 4.98 Å². The number of pyridine rings is 1.